The molecule has 1 aliphatic heterocycles. The van der Waals surface area contributed by atoms with Crippen molar-refractivity contribution in [2.45, 2.75) is 17.7 Å². The highest BCUT2D eigenvalue weighted by Crippen LogP contribution is 2.25. The van der Waals surface area contributed by atoms with E-state index in [9.17, 15) is 18.0 Å². The molecule has 7 nitrogen and oxygen atoms in total. The van der Waals surface area contributed by atoms with Crippen LogP contribution in [0.5, 0.6) is 0 Å². The van der Waals surface area contributed by atoms with E-state index < -0.39 is 21.8 Å². The molecule has 0 spiro atoms. The molecule has 2 aromatic rings. The summed E-state index contributed by atoms with van der Waals surface area (Å²) in [4.78, 5) is 24.6. The van der Waals surface area contributed by atoms with Crippen LogP contribution in [0, 0.1) is 0 Å². The summed E-state index contributed by atoms with van der Waals surface area (Å²) in [5, 5.41) is 0.487. The zero-order valence-corrected chi connectivity index (χ0v) is 17.8. The molecular formula is C18H17BrClN3O4S. The van der Waals surface area contributed by atoms with Crippen LogP contribution in [-0.2, 0) is 10.0 Å². The van der Waals surface area contributed by atoms with Crippen molar-refractivity contribution in [3.05, 3.63) is 63.1 Å². The minimum atomic E-state index is -3.66. The Bertz CT molecular complexity index is 1010. The van der Waals surface area contributed by atoms with E-state index in [4.69, 9.17) is 11.6 Å². The molecule has 0 aromatic heterocycles. The number of hydrogen-bond acceptors (Lipinski definition) is 4. The molecule has 1 aliphatic rings. The van der Waals surface area contributed by atoms with Gasteiger partial charge in [-0.05, 0) is 71.2 Å². The molecule has 0 saturated carbocycles. The first-order valence-corrected chi connectivity index (χ1v) is 11.1. The molecule has 1 saturated heterocycles. The van der Waals surface area contributed by atoms with Crippen molar-refractivity contribution in [2.24, 2.45) is 0 Å². The number of halogens is 2. The molecule has 0 radical (unpaired) electrons. The van der Waals surface area contributed by atoms with Gasteiger partial charge in [0, 0.05) is 28.1 Å². The number of hydrogen-bond donors (Lipinski definition) is 2. The summed E-state index contributed by atoms with van der Waals surface area (Å²) in [6.45, 7) is 0.939. The fraction of sp³-hybridized carbons (Fsp3) is 0.222. The zero-order valence-electron chi connectivity index (χ0n) is 14.6. The average molecular weight is 487 g/mol. The second-order valence-electron chi connectivity index (χ2n) is 6.17. The Morgan fingerprint density at radius 3 is 2.21 bits per heavy atom. The van der Waals surface area contributed by atoms with E-state index in [-0.39, 0.29) is 10.5 Å². The van der Waals surface area contributed by atoms with Crippen molar-refractivity contribution in [1.29, 1.82) is 0 Å². The third kappa shape index (κ3) is 4.54. The largest absolute Gasteiger partial charge is 0.270 e. The summed E-state index contributed by atoms with van der Waals surface area (Å²) in [5.74, 6) is -1.17. The summed E-state index contributed by atoms with van der Waals surface area (Å²) < 4.78 is 27.2. The molecule has 0 aliphatic carbocycles. The standard InChI is InChI=1S/C18H17BrClN3O4S/c19-16-8-7-14(28(26,27)23-9-1-2-10-23)11-15(16)18(25)22-21-17(24)12-3-5-13(20)6-4-12/h3-8,11H,1-2,9-10H2,(H,21,24)(H,22,25). The highest BCUT2D eigenvalue weighted by Gasteiger charge is 2.28. The molecule has 2 amide bonds. The maximum atomic E-state index is 12.7. The first kappa shape index (κ1) is 20.8. The fourth-order valence-corrected chi connectivity index (χ4v) is 4.87. The smallest absolute Gasteiger partial charge is 0.267 e. The lowest BCUT2D eigenvalue weighted by Gasteiger charge is -2.16. The summed E-state index contributed by atoms with van der Waals surface area (Å²) in [5.41, 5.74) is 4.99. The Hall–Kier alpha value is -1.94. The SMILES string of the molecule is O=C(NNC(=O)c1cc(S(=O)(=O)N2CCCC2)ccc1Br)c1ccc(Cl)cc1. The molecule has 2 aromatic carbocycles. The van der Waals surface area contributed by atoms with Crippen molar-refractivity contribution in [1.82, 2.24) is 15.2 Å². The van der Waals surface area contributed by atoms with Crippen LogP contribution in [0.2, 0.25) is 5.02 Å². The summed E-state index contributed by atoms with van der Waals surface area (Å²) >= 11 is 9.03. The van der Waals surface area contributed by atoms with Gasteiger partial charge < -0.3 is 0 Å². The van der Waals surface area contributed by atoms with E-state index in [1.165, 1.54) is 34.6 Å². The fourth-order valence-electron chi connectivity index (χ4n) is 2.77. The Balaban J connectivity index is 1.74. The van der Waals surface area contributed by atoms with Crippen LogP contribution in [0.15, 0.2) is 51.8 Å². The lowest BCUT2D eigenvalue weighted by molar-refractivity contribution is 0.0846. The van der Waals surface area contributed by atoms with Gasteiger partial charge in [0.05, 0.1) is 10.5 Å². The van der Waals surface area contributed by atoms with Gasteiger partial charge in [0.15, 0.2) is 0 Å². The monoisotopic (exact) mass is 485 g/mol. The Kier molecular flexibility index (Phi) is 6.39. The predicted molar refractivity (Wildman–Crippen MR) is 109 cm³/mol. The number of benzene rings is 2. The van der Waals surface area contributed by atoms with Crippen molar-refractivity contribution in [3.8, 4) is 0 Å². The van der Waals surface area contributed by atoms with Gasteiger partial charge in [-0.1, -0.05) is 11.6 Å². The molecule has 0 atom stereocenters. The molecule has 28 heavy (non-hydrogen) atoms. The third-order valence-electron chi connectivity index (χ3n) is 4.28. The van der Waals surface area contributed by atoms with E-state index in [0.29, 0.717) is 28.1 Å². The van der Waals surface area contributed by atoms with Gasteiger partial charge >= 0.3 is 0 Å². The summed E-state index contributed by atoms with van der Waals surface area (Å²) in [7, 11) is -3.66. The van der Waals surface area contributed by atoms with Crippen molar-refractivity contribution in [3.63, 3.8) is 0 Å². The number of nitrogens with zero attached hydrogens (tertiary/aromatic N) is 1. The van der Waals surface area contributed by atoms with Crippen molar-refractivity contribution >= 4 is 49.4 Å². The number of nitrogens with one attached hydrogen (secondary N) is 2. The highest BCUT2D eigenvalue weighted by molar-refractivity contribution is 9.10. The van der Waals surface area contributed by atoms with Crippen LogP contribution in [-0.4, -0.2) is 37.6 Å². The van der Waals surface area contributed by atoms with Crippen LogP contribution >= 0.6 is 27.5 Å². The number of carbonyl (C=O) groups is 2. The van der Waals surface area contributed by atoms with Crippen molar-refractivity contribution in [2.75, 3.05) is 13.1 Å². The lowest BCUT2D eigenvalue weighted by atomic mass is 10.2. The molecule has 1 heterocycles. The van der Waals surface area contributed by atoms with Crippen LogP contribution < -0.4 is 10.9 Å². The first-order valence-electron chi connectivity index (χ1n) is 8.45. The Labute approximate surface area is 176 Å². The van der Waals surface area contributed by atoms with E-state index in [0.717, 1.165) is 12.8 Å². The molecular weight excluding hydrogens is 470 g/mol. The molecule has 0 unspecified atom stereocenters. The number of rotatable bonds is 4. The Morgan fingerprint density at radius 2 is 1.57 bits per heavy atom. The minimum Gasteiger partial charge on any atom is -0.267 e. The molecule has 3 rings (SSSR count). The second kappa shape index (κ2) is 8.60. The zero-order chi connectivity index (χ0) is 20.3. The van der Waals surface area contributed by atoms with Crippen LogP contribution in [0.25, 0.3) is 0 Å². The number of amides is 2. The van der Waals surface area contributed by atoms with E-state index >= 15 is 0 Å². The third-order valence-corrected chi connectivity index (χ3v) is 7.12. The quantitative estimate of drug-likeness (QED) is 0.650. The van der Waals surface area contributed by atoms with E-state index in [1.807, 2.05) is 0 Å². The van der Waals surface area contributed by atoms with Gasteiger partial charge in [0.2, 0.25) is 10.0 Å². The topological polar surface area (TPSA) is 95.6 Å². The van der Waals surface area contributed by atoms with Gasteiger partial charge in [0.25, 0.3) is 11.8 Å². The van der Waals surface area contributed by atoms with Gasteiger partial charge in [-0.2, -0.15) is 4.31 Å². The molecule has 148 valence electrons. The first-order chi connectivity index (χ1) is 13.3. The maximum absolute atomic E-state index is 12.7. The van der Waals surface area contributed by atoms with Crippen LogP contribution in [0.1, 0.15) is 33.6 Å². The van der Waals surface area contributed by atoms with Crippen LogP contribution in [0.3, 0.4) is 0 Å². The Morgan fingerprint density at radius 1 is 0.964 bits per heavy atom. The number of hydrazine groups is 1. The highest BCUT2D eigenvalue weighted by atomic mass is 79.9. The van der Waals surface area contributed by atoms with E-state index in [1.54, 1.807) is 12.1 Å². The number of carbonyl (C=O) groups excluding carboxylic acids is 2. The van der Waals surface area contributed by atoms with Crippen LogP contribution in [0.4, 0.5) is 0 Å². The van der Waals surface area contributed by atoms with Gasteiger partial charge in [-0.3, -0.25) is 20.4 Å². The second-order valence-corrected chi connectivity index (χ2v) is 9.40. The normalized spacial score (nSPS) is 14.6. The van der Waals surface area contributed by atoms with Gasteiger partial charge in [0.1, 0.15) is 0 Å². The summed E-state index contributed by atoms with van der Waals surface area (Å²) in [6, 6.07) is 10.4. The lowest BCUT2D eigenvalue weighted by Crippen LogP contribution is -2.41. The average Bonchev–Trinajstić information content (AvgIpc) is 3.22. The number of sulfonamides is 1. The van der Waals surface area contributed by atoms with E-state index in [2.05, 4.69) is 26.8 Å². The molecule has 1 fully saturated rings. The van der Waals surface area contributed by atoms with Gasteiger partial charge in [-0.15, -0.1) is 0 Å². The molecule has 2 N–H and O–H groups in total. The van der Waals surface area contributed by atoms with Crippen molar-refractivity contribution < 1.29 is 18.0 Å². The minimum absolute atomic E-state index is 0.0341. The predicted octanol–water partition coefficient (Wildman–Crippen LogP) is 2.96. The molecule has 0 bridgehead atoms. The molecule has 10 heteroatoms. The van der Waals surface area contributed by atoms with Gasteiger partial charge in [-0.25, -0.2) is 8.42 Å². The summed E-state index contributed by atoms with van der Waals surface area (Å²) in [6.07, 6.45) is 1.64. The maximum Gasteiger partial charge on any atom is 0.270 e.